The second-order valence-electron chi connectivity index (χ2n) is 4.88. The first kappa shape index (κ1) is 14.3. The van der Waals surface area contributed by atoms with E-state index in [-0.39, 0.29) is 0 Å². The lowest BCUT2D eigenvalue weighted by atomic mass is 10.1. The Morgan fingerprint density at radius 1 is 1.00 bits per heavy atom. The van der Waals surface area contributed by atoms with Gasteiger partial charge in [0.25, 0.3) is 0 Å². The highest BCUT2D eigenvalue weighted by Crippen LogP contribution is 2.24. The third kappa shape index (κ3) is 3.68. The van der Waals surface area contributed by atoms with Crippen molar-refractivity contribution in [2.45, 2.75) is 46.2 Å². The Bertz CT molecular complexity index is 515. The standard InChI is InChI=1S/C17H23NS/c1-4-14-8-6-7-9-15(14)12-18-13(3)17-11-10-16(5-2)19-17/h6-11,13,18H,4-5,12H2,1-3H3. The van der Waals surface area contributed by atoms with Crippen molar-refractivity contribution in [1.82, 2.24) is 5.32 Å². The lowest BCUT2D eigenvalue weighted by molar-refractivity contribution is 0.580. The van der Waals surface area contributed by atoms with E-state index < -0.39 is 0 Å². The first-order chi connectivity index (χ1) is 9.24. The monoisotopic (exact) mass is 273 g/mol. The van der Waals surface area contributed by atoms with E-state index in [1.54, 1.807) is 0 Å². The van der Waals surface area contributed by atoms with Crippen molar-refractivity contribution in [3.05, 3.63) is 57.3 Å². The van der Waals surface area contributed by atoms with Crippen LogP contribution < -0.4 is 5.32 Å². The summed E-state index contributed by atoms with van der Waals surface area (Å²) in [5, 5.41) is 3.64. The van der Waals surface area contributed by atoms with Crippen LogP contribution in [-0.4, -0.2) is 0 Å². The number of nitrogens with one attached hydrogen (secondary N) is 1. The Morgan fingerprint density at radius 3 is 2.37 bits per heavy atom. The highest BCUT2D eigenvalue weighted by Gasteiger charge is 2.08. The molecule has 0 amide bonds. The van der Waals surface area contributed by atoms with Gasteiger partial charge in [-0.15, -0.1) is 11.3 Å². The summed E-state index contributed by atoms with van der Waals surface area (Å²) in [7, 11) is 0. The van der Waals surface area contributed by atoms with Crippen molar-refractivity contribution < 1.29 is 0 Å². The van der Waals surface area contributed by atoms with Gasteiger partial charge in [0.1, 0.15) is 0 Å². The molecule has 0 radical (unpaired) electrons. The quantitative estimate of drug-likeness (QED) is 0.802. The van der Waals surface area contributed by atoms with E-state index in [1.165, 1.54) is 20.9 Å². The van der Waals surface area contributed by atoms with Crippen molar-refractivity contribution in [3.8, 4) is 0 Å². The van der Waals surface area contributed by atoms with Crippen LogP contribution in [0.2, 0.25) is 0 Å². The first-order valence-corrected chi connectivity index (χ1v) is 7.95. The Hall–Kier alpha value is -1.12. The summed E-state index contributed by atoms with van der Waals surface area (Å²) < 4.78 is 0. The summed E-state index contributed by atoms with van der Waals surface area (Å²) >= 11 is 1.92. The summed E-state index contributed by atoms with van der Waals surface area (Å²) in [5.74, 6) is 0. The fourth-order valence-electron chi connectivity index (χ4n) is 2.26. The SMILES string of the molecule is CCc1ccc(C(C)NCc2ccccc2CC)s1. The molecular formula is C17H23NS. The molecule has 0 fully saturated rings. The summed E-state index contributed by atoms with van der Waals surface area (Å²) in [6.07, 6.45) is 2.24. The third-order valence-electron chi connectivity index (χ3n) is 3.56. The minimum Gasteiger partial charge on any atom is -0.305 e. The molecule has 0 spiro atoms. The van der Waals surface area contributed by atoms with E-state index in [0.717, 1.165) is 19.4 Å². The summed E-state index contributed by atoms with van der Waals surface area (Å²) in [5.41, 5.74) is 2.87. The first-order valence-electron chi connectivity index (χ1n) is 7.13. The van der Waals surface area contributed by atoms with Crippen molar-refractivity contribution >= 4 is 11.3 Å². The van der Waals surface area contributed by atoms with Gasteiger partial charge in [0.2, 0.25) is 0 Å². The smallest absolute Gasteiger partial charge is 0.0388 e. The number of thiophene rings is 1. The van der Waals surface area contributed by atoms with Crippen LogP contribution in [0.4, 0.5) is 0 Å². The maximum atomic E-state index is 3.64. The summed E-state index contributed by atoms with van der Waals surface area (Å²) in [6.45, 7) is 7.63. The molecule has 2 aromatic rings. The molecule has 2 heteroatoms. The number of benzene rings is 1. The molecule has 1 N–H and O–H groups in total. The van der Waals surface area contributed by atoms with Gasteiger partial charge in [-0.3, -0.25) is 0 Å². The molecule has 19 heavy (non-hydrogen) atoms. The molecule has 1 atom stereocenters. The van der Waals surface area contributed by atoms with Crippen molar-refractivity contribution in [2.24, 2.45) is 0 Å². The predicted molar refractivity (Wildman–Crippen MR) is 84.8 cm³/mol. The zero-order valence-corrected chi connectivity index (χ0v) is 12.9. The lowest BCUT2D eigenvalue weighted by Gasteiger charge is -2.14. The zero-order valence-electron chi connectivity index (χ0n) is 12.1. The molecule has 0 aliphatic rings. The Labute approximate surface area is 120 Å². The molecule has 0 saturated heterocycles. The minimum absolute atomic E-state index is 0.426. The van der Waals surface area contributed by atoms with Crippen LogP contribution in [0.3, 0.4) is 0 Å². The van der Waals surface area contributed by atoms with Crippen LogP contribution in [0.25, 0.3) is 0 Å². The van der Waals surface area contributed by atoms with Gasteiger partial charge in [0, 0.05) is 22.3 Å². The molecule has 0 bridgehead atoms. The van der Waals surface area contributed by atoms with Gasteiger partial charge in [0.15, 0.2) is 0 Å². The molecule has 0 aliphatic heterocycles. The van der Waals surface area contributed by atoms with E-state index in [0.29, 0.717) is 6.04 Å². The van der Waals surface area contributed by atoms with Crippen molar-refractivity contribution in [2.75, 3.05) is 0 Å². The van der Waals surface area contributed by atoms with Crippen LogP contribution in [0.1, 0.15) is 47.7 Å². The predicted octanol–water partition coefficient (Wildman–Crippen LogP) is 4.72. The van der Waals surface area contributed by atoms with Crippen molar-refractivity contribution in [1.29, 1.82) is 0 Å². The molecule has 0 saturated carbocycles. The van der Waals surface area contributed by atoms with Crippen LogP contribution in [0.15, 0.2) is 36.4 Å². The molecule has 1 nitrogen and oxygen atoms in total. The van der Waals surface area contributed by atoms with Gasteiger partial charge < -0.3 is 5.32 Å². The average Bonchev–Trinajstić information content (AvgIpc) is 2.94. The van der Waals surface area contributed by atoms with Gasteiger partial charge in [-0.1, -0.05) is 38.1 Å². The van der Waals surface area contributed by atoms with Crippen LogP contribution in [0.5, 0.6) is 0 Å². The largest absolute Gasteiger partial charge is 0.305 e. The van der Waals surface area contributed by atoms with E-state index in [4.69, 9.17) is 0 Å². The third-order valence-corrected chi connectivity index (χ3v) is 4.97. The van der Waals surface area contributed by atoms with Gasteiger partial charge in [-0.05, 0) is 43.0 Å². The molecule has 2 rings (SSSR count). The fraction of sp³-hybridized carbons (Fsp3) is 0.412. The molecule has 1 aromatic heterocycles. The maximum Gasteiger partial charge on any atom is 0.0388 e. The highest BCUT2D eigenvalue weighted by molar-refractivity contribution is 7.12. The van der Waals surface area contributed by atoms with E-state index in [9.17, 15) is 0 Å². The maximum absolute atomic E-state index is 3.64. The Balaban J connectivity index is 1.98. The van der Waals surface area contributed by atoms with Gasteiger partial charge in [-0.2, -0.15) is 0 Å². The second kappa shape index (κ2) is 6.88. The molecule has 1 aromatic carbocycles. The number of hydrogen-bond acceptors (Lipinski definition) is 2. The number of rotatable bonds is 6. The topological polar surface area (TPSA) is 12.0 Å². The Morgan fingerprint density at radius 2 is 1.74 bits per heavy atom. The van der Waals surface area contributed by atoms with E-state index in [1.807, 2.05) is 11.3 Å². The van der Waals surface area contributed by atoms with Crippen LogP contribution >= 0.6 is 11.3 Å². The number of aryl methyl sites for hydroxylation is 2. The molecule has 0 aliphatic carbocycles. The van der Waals surface area contributed by atoms with Crippen molar-refractivity contribution in [3.63, 3.8) is 0 Å². The van der Waals surface area contributed by atoms with E-state index in [2.05, 4.69) is 62.5 Å². The van der Waals surface area contributed by atoms with Gasteiger partial charge in [0.05, 0.1) is 0 Å². The van der Waals surface area contributed by atoms with E-state index >= 15 is 0 Å². The summed E-state index contributed by atoms with van der Waals surface area (Å²) in [4.78, 5) is 2.91. The zero-order chi connectivity index (χ0) is 13.7. The second-order valence-corrected chi connectivity index (χ2v) is 6.08. The molecule has 1 heterocycles. The fourth-order valence-corrected chi connectivity index (χ4v) is 3.24. The molecular weight excluding hydrogens is 250 g/mol. The van der Waals surface area contributed by atoms with Gasteiger partial charge >= 0.3 is 0 Å². The Kier molecular flexibility index (Phi) is 5.17. The minimum atomic E-state index is 0.426. The average molecular weight is 273 g/mol. The summed E-state index contributed by atoms with van der Waals surface area (Å²) in [6, 6.07) is 13.6. The van der Waals surface area contributed by atoms with Gasteiger partial charge in [-0.25, -0.2) is 0 Å². The molecule has 102 valence electrons. The highest BCUT2D eigenvalue weighted by atomic mass is 32.1. The van der Waals surface area contributed by atoms with Crippen LogP contribution in [0, 0.1) is 0 Å². The molecule has 1 unspecified atom stereocenters. The number of hydrogen-bond donors (Lipinski definition) is 1. The lowest BCUT2D eigenvalue weighted by Crippen LogP contribution is -2.18. The van der Waals surface area contributed by atoms with Crippen LogP contribution in [-0.2, 0) is 19.4 Å². The normalized spacial score (nSPS) is 12.6.